The minimum atomic E-state index is -0.212. The van der Waals surface area contributed by atoms with Crippen LogP contribution in [0.4, 0.5) is 0 Å². The molecule has 1 spiro atoms. The van der Waals surface area contributed by atoms with Crippen molar-refractivity contribution in [3.8, 4) is 28.1 Å². The fourth-order valence-corrected chi connectivity index (χ4v) is 5.01. The molecule has 31 heavy (non-hydrogen) atoms. The Morgan fingerprint density at radius 2 is 1.97 bits per heavy atom. The number of benzene rings is 1. The van der Waals surface area contributed by atoms with Crippen LogP contribution < -0.4 is 4.74 Å². The number of aromatic amines is 1. The van der Waals surface area contributed by atoms with Crippen LogP contribution in [0, 0.1) is 0 Å². The van der Waals surface area contributed by atoms with Crippen LogP contribution in [0.2, 0.25) is 5.02 Å². The van der Waals surface area contributed by atoms with Gasteiger partial charge >= 0.3 is 0 Å². The van der Waals surface area contributed by atoms with E-state index in [-0.39, 0.29) is 5.60 Å². The van der Waals surface area contributed by atoms with Gasteiger partial charge < -0.3 is 14.5 Å². The van der Waals surface area contributed by atoms with Crippen LogP contribution in [0.15, 0.2) is 48.9 Å². The van der Waals surface area contributed by atoms with E-state index >= 15 is 0 Å². The highest BCUT2D eigenvalue weighted by molar-refractivity contribution is 6.34. The number of rotatable bonds is 3. The van der Waals surface area contributed by atoms with Gasteiger partial charge in [0.25, 0.3) is 0 Å². The Hall–Kier alpha value is -2.93. The average molecular weight is 433 g/mol. The smallest absolute Gasteiger partial charge is 0.137 e. The van der Waals surface area contributed by atoms with Crippen molar-refractivity contribution in [2.75, 3.05) is 27.2 Å². The van der Waals surface area contributed by atoms with Gasteiger partial charge in [-0.05, 0) is 37.4 Å². The normalized spacial score (nSPS) is 17.1. The first kappa shape index (κ1) is 18.8. The third kappa shape index (κ3) is 2.94. The summed E-state index contributed by atoms with van der Waals surface area (Å²) in [5.41, 5.74) is 6.91. The monoisotopic (exact) mass is 432 g/mol. The number of halogens is 1. The number of likely N-dealkylation sites (N-methyl/N-ethyl adjacent to an activating group) is 1. The van der Waals surface area contributed by atoms with Crippen LogP contribution in [-0.4, -0.2) is 47.1 Å². The molecule has 1 saturated heterocycles. The summed E-state index contributed by atoms with van der Waals surface area (Å²) in [4.78, 5) is 14.8. The molecule has 0 unspecified atom stereocenters. The Kier molecular flexibility index (Phi) is 4.12. The molecule has 156 valence electrons. The second-order valence-corrected chi connectivity index (χ2v) is 8.81. The molecule has 1 fully saturated rings. The molecule has 0 radical (unpaired) electrons. The van der Waals surface area contributed by atoms with E-state index in [1.807, 2.05) is 18.3 Å². The predicted octanol–water partition coefficient (Wildman–Crippen LogP) is 4.62. The minimum absolute atomic E-state index is 0.212. The van der Waals surface area contributed by atoms with Crippen LogP contribution in [0.3, 0.4) is 0 Å². The van der Waals surface area contributed by atoms with Crippen molar-refractivity contribution in [3.05, 3.63) is 65.2 Å². The zero-order valence-corrected chi connectivity index (χ0v) is 18.0. The standard InChI is InChI=1S/C24H21ClN4O2/c1-29-12-24(13-29)23-17(11-31-24)3-16(9-27-23)21-6-14-5-19(20(25)7-22(14)28-21)15-4-18(30-2)10-26-8-15/h3-10,28H,11-13H2,1-2H3. The largest absolute Gasteiger partial charge is 0.495 e. The molecule has 4 aromatic rings. The molecule has 6 nitrogen and oxygen atoms in total. The highest BCUT2D eigenvalue weighted by Crippen LogP contribution is 2.43. The molecule has 2 aliphatic heterocycles. The summed E-state index contributed by atoms with van der Waals surface area (Å²) < 4.78 is 11.4. The van der Waals surface area contributed by atoms with Crippen LogP contribution in [0.1, 0.15) is 11.3 Å². The van der Waals surface area contributed by atoms with E-state index in [1.54, 1.807) is 19.5 Å². The Labute approximate surface area is 184 Å². The molecule has 0 aliphatic carbocycles. The van der Waals surface area contributed by atoms with E-state index in [2.05, 4.69) is 40.1 Å². The number of nitrogens with one attached hydrogen (secondary N) is 1. The van der Waals surface area contributed by atoms with Gasteiger partial charge in [0.1, 0.15) is 11.4 Å². The Morgan fingerprint density at radius 3 is 2.77 bits per heavy atom. The number of hydrogen-bond acceptors (Lipinski definition) is 5. The number of methoxy groups -OCH3 is 1. The van der Waals surface area contributed by atoms with Crippen molar-refractivity contribution in [2.24, 2.45) is 0 Å². The number of hydrogen-bond donors (Lipinski definition) is 1. The molecule has 0 amide bonds. The summed E-state index contributed by atoms with van der Waals surface area (Å²) in [5, 5.41) is 1.73. The maximum absolute atomic E-state index is 6.61. The van der Waals surface area contributed by atoms with Crippen LogP contribution in [-0.2, 0) is 16.9 Å². The predicted molar refractivity (Wildman–Crippen MR) is 120 cm³/mol. The highest BCUT2D eigenvalue weighted by Gasteiger charge is 2.49. The third-order valence-electron chi connectivity index (χ3n) is 6.23. The first-order chi connectivity index (χ1) is 15.0. The number of ether oxygens (including phenoxy) is 2. The fourth-order valence-electron chi connectivity index (χ4n) is 4.74. The summed E-state index contributed by atoms with van der Waals surface area (Å²) in [5.74, 6) is 0.699. The summed E-state index contributed by atoms with van der Waals surface area (Å²) in [7, 11) is 3.73. The summed E-state index contributed by atoms with van der Waals surface area (Å²) in [6.07, 6.45) is 5.41. The molecule has 3 aromatic heterocycles. The third-order valence-corrected chi connectivity index (χ3v) is 6.54. The van der Waals surface area contributed by atoms with Gasteiger partial charge in [0.05, 0.1) is 30.6 Å². The minimum Gasteiger partial charge on any atom is -0.495 e. The topological polar surface area (TPSA) is 63.3 Å². The lowest BCUT2D eigenvalue weighted by Crippen LogP contribution is -2.57. The summed E-state index contributed by atoms with van der Waals surface area (Å²) >= 11 is 6.61. The van der Waals surface area contributed by atoms with E-state index in [0.717, 1.165) is 52.1 Å². The van der Waals surface area contributed by atoms with Crippen molar-refractivity contribution < 1.29 is 9.47 Å². The molecular formula is C24H21ClN4O2. The molecule has 1 aromatic carbocycles. The second-order valence-electron chi connectivity index (χ2n) is 8.40. The van der Waals surface area contributed by atoms with Crippen molar-refractivity contribution in [2.45, 2.75) is 12.2 Å². The molecule has 6 rings (SSSR count). The van der Waals surface area contributed by atoms with Gasteiger partial charge in [0.2, 0.25) is 0 Å². The molecule has 2 aliphatic rings. The molecule has 5 heterocycles. The maximum Gasteiger partial charge on any atom is 0.137 e. The number of aromatic nitrogens is 3. The number of likely N-dealkylation sites (tertiary alicyclic amines) is 1. The average Bonchev–Trinajstić information content (AvgIpc) is 3.34. The lowest BCUT2D eigenvalue weighted by atomic mass is 9.89. The van der Waals surface area contributed by atoms with Gasteiger partial charge in [-0.15, -0.1) is 0 Å². The molecule has 0 saturated carbocycles. The van der Waals surface area contributed by atoms with Gasteiger partial charge in [0.15, 0.2) is 0 Å². The van der Waals surface area contributed by atoms with E-state index in [0.29, 0.717) is 17.4 Å². The van der Waals surface area contributed by atoms with Gasteiger partial charge in [0, 0.05) is 64.3 Å². The van der Waals surface area contributed by atoms with E-state index < -0.39 is 0 Å². The number of pyridine rings is 2. The zero-order chi connectivity index (χ0) is 21.2. The number of H-pyrrole nitrogens is 1. The summed E-state index contributed by atoms with van der Waals surface area (Å²) in [6, 6.07) is 10.3. The van der Waals surface area contributed by atoms with Crippen LogP contribution in [0.25, 0.3) is 33.3 Å². The van der Waals surface area contributed by atoms with Gasteiger partial charge in [-0.1, -0.05) is 11.6 Å². The van der Waals surface area contributed by atoms with Crippen molar-refractivity contribution in [1.29, 1.82) is 0 Å². The van der Waals surface area contributed by atoms with Gasteiger partial charge in [-0.25, -0.2) is 0 Å². The van der Waals surface area contributed by atoms with E-state index in [1.165, 1.54) is 5.56 Å². The molecule has 7 heteroatoms. The lowest BCUT2D eigenvalue weighted by Gasteiger charge is -2.44. The molecule has 0 atom stereocenters. The van der Waals surface area contributed by atoms with Crippen LogP contribution in [0.5, 0.6) is 5.75 Å². The van der Waals surface area contributed by atoms with Gasteiger partial charge in [-0.3, -0.25) is 14.9 Å². The Bertz CT molecular complexity index is 1330. The van der Waals surface area contributed by atoms with Crippen LogP contribution >= 0.6 is 11.6 Å². The van der Waals surface area contributed by atoms with E-state index in [9.17, 15) is 0 Å². The highest BCUT2D eigenvalue weighted by atomic mass is 35.5. The lowest BCUT2D eigenvalue weighted by molar-refractivity contribution is -0.134. The fraction of sp³-hybridized carbons (Fsp3) is 0.250. The molecule has 1 N–H and O–H groups in total. The van der Waals surface area contributed by atoms with Crippen molar-refractivity contribution in [1.82, 2.24) is 19.9 Å². The molecular weight excluding hydrogens is 412 g/mol. The zero-order valence-electron chi connectivity index (χ0n) is 17.3. The summed E-state index contributed by atoms with van der Waals surface area (Å²) in [6.45, 7) is 2.42. The van der Waals surface area contributed by atoms with Crippen molar-refractivity contribution >= 4 is 22.5 Å². The molecule has 0 bridgehead atoms. The number of nitrogens with zero attached hydrogens (tertiary/aromatic N) is 3. The van der Waals surface area contributed by atoms with Gasteiger partial charge in [-0.2, -0.15) is 0 Å². The Balaban J connectivity index is 1.38. The van der Waals surface area contributed by atoms with Crippen molar-refractivity contribution in [3.63, 3.8) is 0 Å². The quantitative estimate of drug-likeness (QED) is 0.511. The second kappa shape index (κ2) is 6.79. The Morgan fingerprint density at radius 1 is 1.10 bits per heavy atom. The first-order valence-corrected chi connectivity index (χ1v) is 10.6. The maximum atomic E-state index is 6.61. The first-order valence-electron chi connectivity index (χ1n) is 10.2. The SMILES string of the molecule is COc1cncc(-c2cc3cc(-c4cnc5c(c4)COC54CN(C)C4)[nH]c3cc2Cl)c1. The van der Waals surface area contributed by atoms with E-state index in [4.69, 9.17) is 26.1 Å². The number of fused-ring (bicyclic) bond motifs is 3.